The molecule has 0 fully saturated rings. The van der Waals surface area contributed by atoms with Gasteiger partial charge < -0.3 is 9.84 Å². The highest BCUT2D eigenvalue weighted by Crippen LogP contribution is 2.33. The van der Waals surface area contributed by atoms with Gasteiger partial charge in [-0.05, 0) is 31.2 Å². The van der Waals surface area contributed by atoms with Crippen LogP contribution in [0.1, 0.15) is 18.6 Å². The van der Waals surface area contributed by atoms with E-state index in [0.717, 1.165) is 4.47 Å². The fourth-order valence-electron chi connectivity index (χ4n) is 1.61. The van der Waals surface area contributed by atoms with Crippen LogP contribution in [-0.2, 0) is 0 Å². The molecule has 0 aliphatic rings. The largest absolute Gasteiger partial charge is 0.457 e. The van der Waals surface area contributed by atoms with E-state index in [1.54, 1.807) is 19.1 Å². The standard InChI is InChI=1S/C14H11BrClFO2/c1-8(18)11-4-2-9(15)6-14(11)19-10-3-5-13(17)12(16)7-10/h2-8,18H,1H3. The molecule has 1 unspecified atom stereocenters. The second-order valence-electron chi connectivity index (χ2n) is 4.04. The van der Waals surface area contributed by atoms with E-state index >= 15 is 0 Å². The van der Waals surface area contributed by atoms with E-state index in [4.69, 9.17) is 16.3 Å². The molecule has 0 heterocycles. The summed E-state index contributed by atoms with van der Waals surface area (Å²) in [5, 5.41) is 9.68. The van der Waals surface area contributed by atoms with E-state index in [-0.39, 0.29) is 5.02 Å². The SMILES string of the molecule is CC(O)c1ccc(Br)cc1Oc1ccc(F)c(Cl)c1. The third kappa shape index (κ3) is 3.47. The molecule has 2 rings (SSSR count). The normalized spacial score (nSPS) is 12.3. The Balaban J connectivity index is 2.36. The molecule has 0 amide bonds. The second kappa shape index (κ2) is 5.90. The van der Waals surface area contributed by atoms with Gasteiger partial charge in [0.2, 0.25) is 0 Å². The van der Waals surface area contributed by atoms with E-state index in [9.17, 15) is 9.50 Å². The number of hydrogen-bond donors (Lipinski definition) is 1. The Bertz CT molecular complexity index is 602. The van der Waals surface area contributed by atoms with E-state index in [1.165, 1.54) is 18.2 Å². The Hall–Kier alpha value is -1.10. The highest BCUT2D eigenvalue weighted by Gasteiger charge is 2.11. The highest BCUT2D eigenvalue weighted by molar-refractivity contribution is 9.10. The molecule has 1 N–H and O–H groups in total. The van der Waals surface area contributed by atoms with Crippen molar-refractivity contribution in [3.8, 4) is 11.5 Å². The van der Waals surface area contributed by atoms with E-state index in [0.29, 0.717) is 17.1 Å². The molecule has 0 radical (unpaired) electrons. The van der Waals surface area contributed by atoms with Crippen molar-refractivity contribution in [2.45, 2.75) is 13.0 Å². The molecule has 0 saturated carbocycles. The molecule has 0 saturated heterocycles. The van der Waals surface area contributed by atoms with Crippen LogP contribution in [0.4, 0.5) is 4.39 Å². The molecule has 0 bridgehead atoms. The summed E-state index contributed by atoms with van der Waals surface area (Å²) >= 11 is 9.04. The van der Waals surface area contributed by atoms with Crippen LogP contribution in [0.5, 0.6) is 11.5 Å². The van der Waals surface area contributed by atoms with Crippen LogP contribution >= 0.6 is 27.5 Å². The van der Waals surface area contributed by atoms with Gasteiger partial charge >= 0.3 is 0 Å². The van der Waals surface area contributed by atoms with Gasteiger partial charge in [0, 0.05) is 16.1 Å². The first-order chi connectivity index (χ1) is 8.97. The second-order valence-corrected chi connectivity index (χ2v) is 5.36. The van der Waals surface area contributed by atoms with Crippen molar-refractivity contribution in [3.05, 3.63) is 57.3 Å². The summed E-state index contributed by atoms with van der Waals surface area (Å²) in [6.07, 6.45) is -0.668. The lowest BCUT2D eigenvalue weighted by molar-refractivity contribution is 0.195. The summed E-state index contributed by atoms with van der Waals surface area (Å²) in [7, 11) is 0. The predicted molar refractivity (Wildman–Crippen MR) is 76.3 cm³/mol. The van der Waals surface area contributed by atoms with Crippen molar-refractivity contribution in [3.63, 3.8) is 0 Å². The zero-order chi connectivity index (χ0) is 14.0. The molecule has 2 aromatic carbocycles. The van der Waals surface area contributed by atoms with Crippen molar-refractivity contribution >= 4 is 27.5 Å². The summed E-state index contributed by atoms with van der Waals surface area (Å²) < 4.78 is 19.5. The van der Waals surface area contributed by atoms with Crippen LogP contribution in [0.2, 0.25) is 5.02 Å². The number of hydrogen-bond acceptors (Lipinski definition) is 2. The topological polar surface area (TPSA) is 29.5 Å². The Morgan fingerprint density at radius 3 is 2.63 bits per heavy atom. The zero-order valence-corrected chi connectivity index (χ0v) is 12.4. The first-order valence-electron chi connectivity index (χ1n) is 5.58. The highest BCUT2D eigenvalue weighted by atomic mass is 79.9. The lowest BCUT2D eigenvalue weighted by atomic mass is 10.1. The maximum Gasteiger partial charge on any atom is 0.142 e. The molecule has 0 aliphatic carbocycles. The van der Waals surface area contributed by atoms with Crippen LogP contribution in [-0.4, -0.2) is 5.11 Å². The number of aliphatic hydroxyl groups excluding tert-OH is 1. The van der Waals surface area contributed by atoms with Gasteiger partial charge in [0.05, 0.1) is 11.1 Å². The van der Waals surface area contributed by atoms with Gasteiger partial charge in [-0.2, -0.15) is 0 Å². The zero-order valence-electron chi connectivity index (χ0n) is 10.0. The minimum absolute atomic E-state index is 0.00825. The van der Waals surface area contributed by atoms with E-state index in [2.05, 4.69) is 15.9 Å². The lowest BCUT2D eigenvalue weighted by Crippen LogP contribution is -1.96. The Labute approximate surface area is 123 Å². The van der Waals surface area contributed by atoms with Crippen molar-refractivity contribution in [2.75, 3.05) is 0 Å². The average molecular weight is 346 g/mol. The molecule has 0 aliphatic heterocycles. The molecule has 1 atom stereocenters. The van der Waals surface area contributed by atoms with Gasteiger partial charge in [-0.15, -0.1) is 0 Å². The van der Waals surface area contributed by atoms with Crippen LogP contribution in [0.3, 0.4) is 0 Å². The molecular weight excluding hydrogens is 335 g/mol. The molecule has 0 spiro atoms. The number of aliphatic hydroxyl groups is 1. The summed E-state index contributed by atoms with van der Waals surface area (Å²) in [6, 6.07) is 9.41. The smallest absolute Gasteiger partial charge is 0.142 e. The maximum atomic E-state index is 13.1. The molecule has 2 aromatic rings. The predicted octanol–water partition coefficient (Wildman–Crippen LogP) is 5.09. The van der Waals surface area contributed by atoms with Crippen LogP contribution in [0.15, 0.2) is 40.9 Å². The van der Waals surface area contributed by atoms with Gasteiger partial charge in [-0.3, -0.25) is 0 Å². The van der Waals surface area contributed by atoms with Crippen LogP contribution in [0, 0.1) is 5.82 Å². The average Bonchev–Trinajstić information content (AvgIpc) is 2.33. The monoisotopic (exact) mass is 344 g/mol. The van der Waals surface area contributed by atoms with Crippen molar-refractivity contribution in [1.82, 2.24) is 0 Å². The molecule has 0 aromatic heterocycles. The molecule has 5 heteroatoms. The number of benzene rings is 2. The van der Waals surface area contributed by atoms with E-state index in [1.807, 2.05) is 6.07 Å². The summed E-state index contributed by atoms with van der Waals surface area (Å²) in [5.41, 5.74) is 0.642. The summed E-state index contributed by atoms with van der Waals surface area (Å²) in [6.45, 7) is 1.65. The number of ether oxygens (including phenoxy) is 1. The summed E-state index contributed by atoms with van der Waals surface area (Å²) in [5.74, 6) is 0.400. The molecule has 2 nitrogen and oxygen atoms in total. The van der Waals surface area contributed by atoms with Gasteiger partial charge in [-0.25, -0.2) is 4.39 Å². The van der Waals surface area contributed by atoms with Crippen molar-refractivity contribution < 1.29 is 14.2 Å². The third-order valence-electron chi connectivity index (χ3n) is 2.54. The molecule has 19 heavy (non-hydrogen) atoms. The van der Waals surface area contributed by atoms with Crippen LogP contribution in [0.25, 0.3) is 0 Å². The first-order valence-corrected chi connectivity index (χ1v) is 6.75. The Kier molecular flexibility index (Phi) is 4.45. The van der Waals surface area contributed by atoms with E-state index < -0.39 is 11.9 Å². The maximum absolute atomic E-state index is 13.1. The quantitative estimate of drug-likeness (QED) is 0.840. The lowest BCUT2D eigenvalue weighted by Gasteiger charge is -2.14. The minimum atomic E-state index is -0.668. The Morgan fingerprint density at radius 1 is 1.26 bits per heavy atom. The fraction of sp³-hybridized carbons (Fsp3) is 0.143. The van der Waals surface area contributed by atoms with Gasteiger partial charge in [0.25, 0.3) is 0 Å². The fourth-order valence-corrected chi connectivity index (χ4v) is 2.12. The number of rotatable bonds is 3. The van der Waals surface area contributed by atoms with Gasteiger partial charge in [0.1, 0.15) is 17.3 Å². The minimum Gasteiger partial charge on any atom is -0.457 e. The third-order valence-corrected chi connectivity index (χ3v) is 3.33. The van der Waals surface area contributed by atoms with Crippen molar-refractivity contribution in [1.29, 1.82) is 0 Å². The van der Waals surface area contributed by atoms with Crippen molar-refractivity contribution in [2.24, 2.45) is 0 Å². The Morgan fingerprint density at radius 2 is 2.00 bits per heavy atom. The molecular formula is C14H11BrClFO2. The van der Waals surface area contributed by atoms with Gasteiger partial charge in [0.15, 0.2) is 0 Å². The van der Waals surface area contributed by atoms with Gasteiger partial charge in [-0.1, -0.05) is 33.6 Å². The molecule has 100 valence electrons. The van der Waals surface area contributed by atoms with Crippen LogP contribution < -0.4 is 4.74 Å². The first kappa shape index (κ1) is 14.3. The number of halogens is 3. The summed E-state index contributed by atoms with van der Waals surface area (Å²) in [4.78, 5) is 0.